The van der Waals surface area contributed by atoms with Crippen LogP contribution in [0.15, 0.2) is 17.2 Å². The number of rotatable bonds is 6. The van der Waals surface area contributed by atoms with Crippen LogP contribution in [0.25, 0.3) is 0 Å². The second-order valence-electron chi connectivity index (χ2n) is 5.12. The zero-order chi connectivity index (χ0) is 14.8. The van der Waals surface area contributed by atoms with Crippen LogP contribution in [0, 0.1) is 5.92 Å². The van der Waals surface area contributed by atoms with Gasteiger partial charge in [-0.25, -0.2) is 8.42 Å². The maximum atomic E-state index is 12.5. The molecule has 19 heavy (non-hydrogen) atoms. The molecule has 0 aliphatic carbocycles. The molecular formula is C13H24N2O3S. The molecule has 6 heteroatoms. The summed E-state index contributed by atoms with van der Waals surface area (Å²) in [5, 5.41) is 9.24. The molecule has 110 valence electrons. The maximum Gasteiger partial charge on any atom is 0.244 e. The van der Waals surface area contributed by atoms with Gasteiger partial charge in [-0.15, -0.1) is 0 Å². The Morgan fingerprint density at radius 2 is 1.95 bits per heavy atom. The molecule has 0 aromatic carbocycles. The first-order chi connectivity index (χ1) is 8.75. The second-order valence-corrected chi connectivity index (χ2v) is 7.11. The summed E-state index contributed by atoms with van der Waals surface area (Å²) in [5.74, 6) is 0.241. The highest BCUT2D eigenvalue weighted by molar-refractivity contribution is 7.89. The van der Waals surface area contributed by atoms with Gasteiger partial charge in [-0.1, -0.05) is 13.8 Å². The van der Waals surface area contributed by atoms with E-state index in [1.54, 1.807) is 23.9 Å². The Kier molecular flexibility index (Phi) is 5.18. The molecule has 1 aromatic rings. The van der Waals surface area contributed by atoms with E-state index in [1.807, 2.05) is 27.7 Å². The van der Waals surface area contributed by atoms with E-state index in [0.717, 1.165) is 0 Å². The first kappa shape index (κ1) is 16.2. The van der Waals surface area contributed by atoms with Crippen molar-refractivity contribution in [1.29, 1.82) is 0 Å². The zero-order valence-electron chi connectivity index (χ0n) is 12.3. The molecule has 0 amide bonds. The molecule has 1 heterocycles. The van der Waals surface area contributed by atoms with Crippen molar-refractivity contribution in [2.45, 2.75) is 51.8 Å². The van der Waals surface area contributed by atoms with Gasteiger partial charge in [0.05, 0.1) is 6.61 Å². The third-order valence-corrected chi connectivity index (χ3v) is 5.59. The van der Waals surface area contributed by atoms with Crippen molar-refractivity contribution in [2.75, 3.05) is 7.05 Å². The molecule has 0 aliphatic rings. The monoisotopic (exact) mass is 288 g/mol. The van der Waals surface area contributed by atoms with Crippen molar-refractivity contribution in [1.82, 2.24) is 8.87 Å². The first-order valence-corrected chi connectivity index (χ1v) is 7.97. The SMILES string of the molecule is CCn1cc(S(=O)(=O)N(C)C(C)C(C)C)cc1CO. The van der Waals surface area contributed by atoms with Crippen molar-refractivity contribution in [3.05, 3.63) is 18.0 Å². The van der Waals surface area contributed by atoms with Crippen LogP contribution in [-0.4, -0.2) is 35.5 Å². The van der Waals surface area contributed by atoms with E-state index in [-0.39, 0.29) is 23.5 Å². The Hall–Kier alpha value is -0.850. The molecule has 5 nitrogen and oxygen atoms in total. The molecule has 0 spiro atoms. The molecule has 0 bridgehead atoms. The van der Waals surface area contributed by atoms with E-state index in [9.17, 15) is 13.5 Å². The lowest BCUT2D eigenvalue weighted by Crippen LogP contribution is -2.38. The van der Waals surface area contributed by atoms with E-state index in [4.69, 9.17) is 0 Å². The quantitative estimate of drug-likeness (QED) is 0.866. The van der Waals surface area contributed by atoms with Gasteiger partial charge >= 0.3 is 0 Å². The minimum absolute atomic E-state index is 0.0763. The number of sulfonamides is 1. The summed E-state index contributed by atoms with van der Waals surface area (Å²) in [7, 11) is -1.90. The first-order valence-electron chi connectivity index (χ1n) is 6.53. The van der Waals surface area contributed by atoms with Gasteiger partial charge in [0.25, 0.3) is 0 Å². The summed E-state index contributed by atoms with van der Waals surface area (Å²) >= 11 is 0. The molecule has 0 saturated heterocycles. The van der Waals surface area contributed by atoms with Crippen molar-refractivity contribution in [3.63, 3.8) is 0 Å². The molecule has 0 radical (unpaired) electrons. The summed E-state index contributed by atoms with van der Waals surface area (Å²) in [6.07, 6.45) is 1.59. The largest absolute Gasteiger partial charge is 0.390 e. The fourth-order valence-electron chi connectivity index (χ4n) is 1.90. The third kappa shape index (κ3) is 3.19. The van der Waals surface area contributed by atoms with Gasteiger partial charge in [0.2, 0.25) is 10.0 Å². The number of nitrogens with zero attached hydrogens (tertiary/aromatic N) is 2. The standard InChI is InChI=1S/C13H24N2O3S/c1-6-15-8-13(7-12(15)9-16)19(17,18)14(5)11(4)10(2)3/h7-8,10-11,16H,6,9H2,1-5H3. The molecule has 1 atom stereocenters. The highest BCUT2D eigenvalue weighted by Crippen LogP contribution is 2.22. The number of aromatic nitrogens is 1. The predicted octanol–water partition coefficient (Wildman–Crippen LogP) is 1.67. The van der Waals surface area contributed by atoms with Gasteiger partial charge in [0.1, 0.15) is 4.90 Å². The van der Waals surface area contributed by atoms with Gasteiger partial charge in [-0.3, -0.25) is 0 Å². The fraction of sp³-hybridized carbons (Fsp3) is 0.692. The van der Waals surface area contributed by atoms with Crippen molar-refractivity contribution < 1.29 is 13.5 Å². The Bertz CT molecular complexity index is 498. The molecular weight excluding hydrogens is 264 g/mol. The Morgan fingerprint density at radius 3 is 2.32 bits per heavy atom. The molecule has 1 N–H and O–H groups in total. The molecule has 0 saturated carbocycles. The predicted molar refractivity (Wildman–Crippen MR) is 75.3 cm³/mol. The fourth-order valence-corrected chi connectivity index (χ4v) is 3.46. The van der Waals surface area contributed by atoms with Crippen LogP contribution in [0.1, 0.15) is 33.4 Å². The Labute approximate surface area is 115 Å². The minimum Gasteiger partial charge on any atom is -0.390 e. The topological polar surface area (TPSA) is 62.5 Å². The van der Waals surface area contributed by atoms with E-state index in [0.29, 0.717) is 12.2 Å². The van der Waals surface area contributed by atoms with E-state index in [1.165, 1.54) is 4.31 Å². The summed E-state index contributed by atoms with van der Waals surface area (Å²) in [4.78, 5) is 0.244. The number of aryl methyl sites for hydroxylation is 1. The van der Waals surface area contributed by atoms with Gasteiger partial charge in [0, 0.05) is 31.5 Å². The van der Waals surface area contributed by atoms with Crippen LogP contribution in [0.4, 0.5) is 0 Å². The molecule has 0 fully saturated rings. The lowest BCUT2D eigenvalue weighted by molar-refractivity contribution is 0.271. The molecule has 1 aromatic heterocycles. The van der Waals surface area contributed by atoms with E-state index < -0.39 is 10.0 Å². The van der Waals surface area contributed by atoms with Crippen LogP contribution in [0.3, 0.4) is 0 Å². The number of aliphatic hydroxyl groups is 1. The highest BCUT2D eigenvalue weighted by atomic mass is 32.2. The normalized spacial score (nSPS) is 14.3. The summed E-state index contributed by atoms with van der Waals surface area (Å²) in [5.41, 5.74) is 0.617. The van der Waals surface area contributed by atoms with Crippen LogP contribution in [0.2, 0.25) is 0 Å². The average molecular weight is 288 g/mol. The van der Waals surface area contributed by atoms with Gasteiger partial charge in [0.15, 0.2) is 0 Å². The third-order valence-electron chi connectivity index (χ3n) is 3.68. The maximum absolute atomic E-state index is 12.5. The number of hydrogen-bond acceptors (Lipinski definition) is 3. The van der Waals surface area contributed by atoms with Crippen LogP contribution < -0.4 is 0 Å². The van der Waals surface area contributed by atoms with Crippen molar-refractivity contribution in [2.24, 2.45) is 5.92 Å². The molecule has 0 aliphatic heterocycles. The van der Waals surface area contributed by atoms with Crippen molar-refractivity contribution in [3.8, 4) is 0 Å². The summed E-state index contributed by atoms with van der Waals surface area (Å²) < 4.78 is 28.2. The average Bonchev–Trinajstić information content (AvgIpc) is 2.80. The van der Waals surface area contributed by atoms with E-state index >= 15 is 0 Å². The lowest BCUT2D eigenvalue weighted by Gasteiger charge is -2.26. The smallest absolute Gasteiger partial charge is 0.244 e. The van der Waals surface area contributed by atoms with Gasteiger partial charge < -0.3 is 9.67 Å². The Balaban J connectivity index is 3.16. The van der Waals surface area contributed by atoms with Crippen LogP contribution in [-0.2, 0) is 23.2 Å². The highest BCUT2D eigenvalue weighted by Gasteiger charge is 2.28. The van der Waals surface area contributed by atoms with Gasteiger partial charge in [-0.05, 0) is 25.8 Å². The van der Waals surface area contributed by atoms with Crippen LogP contribution in [0.5, 0.6) is 0 Å². The summed E-state index contributed by atoms with van der Waals surface area (Å²) in [6.45, 7) is 8.27. The minimum atomic E-state index is -3.50. The van der Waals surface area contributed by atoms with Crippen LogP contribution >= 0.6 is 0 Å². The Morgan fingerprint density at radius 1 is 1.37 bits per heavy atom. The van der Waals surface area contributed by atoms with E-state index in [2.05, 4.69) is 0 Å². The zero-order valence-corrected chi connectivity index (χ0v) is 13.1. The number of hydrogen-bond donors (Lipinski definition) is 1. The molecule has 1 rings (SSSR count). The van der Waals surface area contributed by atoms with Gasteiger partial charge in [-0.2, -0.15) is 4.31 Å². The van der Waals surface area contributed by atoms with Crippen molar-refractivity contribution >= 4 is 10.0 Å². The lowest BCUT2D eigenvalue weighted by atomic mass is 10.1. The summed E-state index contributed by atoms with van der Waals surface area (Å²) in [6, 6.07) is 1.47. The molecule has 1 unspecified atom stereocenters. The second kappa shape index (κ2) is 6.07. The number of aliphatic hydroxyl groups excluding tert-OH is 1.